The van der Waals surface area contributed by atoms with Crippen LogP contribution in [0.3, 0.4) is 0 Å². The average molecular weight is 353 g/mol. The quantitative estimate of drug-likeness (QED) is 0.852. The Morgan fingerprint density at radius 3 is 2.24 bits per heavy atom. The van der Waals surface area contributed by atoms with Crippen LogP contribution in [-0.4, -0.2) is 38.0 Å². The van der Waals surface area contributed by atoms with E-state index in [1.165, 1.54) is 0 Å². The van der Waals surface area contributed by atoms with Gasteiger partial charge in [0.15, 0.2) is 11.6 Å². The van der Waals surface area contributed by atoms with Crippen molar-refractivity contribution >= 4 is 33.0 Å². The van der Waals surface area contributed by atoms with Gasteiger partial charge in [-0.1, -0.05) is 18.2 Å². The van der Waals surface area contributed by atoms with Crippen LogP contribution in [0.15, 0.2) is 52.2 Å². The van der Waals surface area contributed by atoms with Gasteiger partial charge in [0, 0.05) is 33.2 Å². The molecule has 4 heterocycles. The summed E-state index contributed by atoms with van der Waals surface area (Å²) < 4.78 is 11.9. The van der Waals surface area contributed by atoms with Crippen molar-refractivity contribution in [2.24, 2.45) is 0 Å². The van der Waals surface area contributed by atoms with Gasteiger partial charge in [-0.25, -0.2) is 0 Å². The molecular weight excluding hydrogens is 338 g/mol. The highest BCUT2D eigenvalue weighted by atomic mass is 32.1. The molecule has 6 heteroatoms. The lowest BCUT2D eigenvalue weighted by atomic mass is 9.76. The number of rotatable bonds is 1. The van der Waals surface area contributed by atoms with Crippen molar-refractivity contribution in [1.82, 2.24) is 5.32 Å². The van der Waals surface area contributed by atoms with E-state index in [0.717, 1.165) is 27.0 Å². The van der Waals surface area contributed by atoms with Crippen LogP contribution in [0.2, 0.25) is 0 Å². The SMILES string of the molecule is O=C1COCC2=C1C(c1csc3ccccc13)C1=C(COCC1=O)N2. The smallest absolute Gasteiger partial charge is 0.187 e. The zero-order valence-electron chi connectivity index (χ0n) is 13.3. The molecule has 3 aliphatic heterocycles. The van der Waals surface area contributed by atoms with Crippen LogP contribution in [0.4, 0.5) is 0 Å². The maximum absolute atomic E-state index is 12.7. The number of thiophene rings is 1. The summed E-state index contributed by atoms with van der Waals surface area (Å²) in [5.74, 6) is -0.449. The molecule has 126 valence electrons. The minimum absolute atomic E-state index is 0.0557. The van der Waals surface area contributed by atoms with Crippen molar-refractivity contribution in [3.05, 3.63) is 57.7 Å². The van der Waals surface area contributed by atoms with Crippen molar-refractivity contribution in [3.63, 3.8) is 0 Å². The molecule has 1 aromatic carbocycles. The van der Waals surface area contributed by atoms with Crippen LogP contribution in [0.1, 0.15) is 11.5 Å². The Labute approximate surface area is 147 Å². The summed E-state index contributed by atoms with van der Waals surface area (Å²) in [5, 5.41) is 6.39. The number of carbonyl (C=O) groups is 2. The molecule has 0 unspecified atom stereocenters. The first-order chi connectivity index (χ1) is 12.2. The van der Waals surface area contributed by atoms with Crippen LogP contribution in [0.25, 0.3) is 10.1 Å². The first-order valence-electron chi connectivity index (χ1n) is 8.15. The highest BCUT2D eigenvalue weighted by Crippen LogP contribution is 2.45. The van der Waals surface area contributed by atoms with Crippen LogP contribution in [0, 0.1) is 0 Å². The van der Waals surface area contributed by atoms with E-state index in [9.17, 15) is 9.59 Å². The van der Waals surface area contributed by atoms with E-state index in [0.29, 0.717) is 24.4 Å². The number of Topliss-reactive ketones (excluding diaryl/α,β-unsaturated/α-hetero) is 2. The van der Waals surface area contributed by atoms with Crippen molar-refractivity contribution in [1.29, 1.82) is 0 Å². The summed E-state index contributed by atoms with van der Waals surface area (Å²) in [6.45, 7) is 0.827. The third-order valence-corrected chi connectivity index (χ3v) is 5.89. The summed E-state index contributed by atoms with van der Waals surface area (Å²) in [5.41, 5.74) is 3.88. The third-order valence-electron chi connectivity index (χ3n) is 4.91. The molecule has 0 spiro atoms. The fourth-order valence-electron chi connectivity index (χ4n) is 3.88. The molecule has 0 saturated heterocycles. The summed E-state index contributed by atoms with van der Waals surface area (Å²) in [4.78, 5) is 25.3. The van der Waals surface area contributed by atoms with Crippen LogP contribution in [-0.2, 0) is 19.1 Å². The Balaban J connectivity index is 1.78. The predicted molar refractivity (Wildman–Crippen MR) is 93.4 cm³/mol. The lowest BCUT2D eigenvalue weighted by Crippen LogP contribution is -2.42. The first kappa shape index (κ1) is 15.0. The number of nitrogens with one attached hydrogen (secondary N) is 1. The molecule has 0 amide bonds. The average Bonchev–Trinajstić information content (AvgIpc) is 3.04. The van der Waals surface area contributed by atoms with Crippen molar-refractivity contribution in [2.45, 2.75) is 5.92 Å². The molecule has 5 nitrogen and oxygen atoms in total. The molecule has 0 radical (unpaired) electrons. The summed E-state index contributed by atoms with van der Waals surface area (Å²) in [7, 11) is 0. The minimum Gasteiger partial charge on any atom is -0.367 e. The lowest BCUT2D eigenvalue weighted by Gasteiger charge is -2.36. The molecule has 0 bridgehead atoms. The molecule has 3 aliphatic rings. The van der Waals surface area contributed by atoms with Gasteiger partial charge in [0.25, 0.3) is 0 Å². The Morgan fingerprint density at radius 2 is 1.56 bits per heavy atom. The fraction of sp³-hybridized carbons (Fsp3) is 0.263. The second kappa shape index (κ2) is 5.62. The molecule has 25 heavy (non-hydrogen) atoms. The summed E-state index contributed by atoms with van der Waals surface area (Å²) >= 11 is 1.64. The van der Waals surface area contributed by atoms with E-state index in [-0.39, 0.29) is 30.7 Å². The summed E-state index contributed by atoms with van der Waals surface area (Å²) in [6, 6.07) is 8.10. The van der Waals surface area contributed by atoms with Gasteiger partial charge in [0.1, 0.15) is 13.2 Å². The molecule has 5 rings (SSSR count). The molecule has 0 fully saturated rings. The lowest BCUT2D eigenvalue weighted by molar-refractivity contribution is -0.122. The van der Waals surface area contributed by atoms with Gasteiger partial charge in [-0.15, -0.1) is 11.3 Å². The molecule has 1 N–H and O–H groups in total. The standard InChI is InChI=1S/C19H15NO4S/c21-14-7-23-5-12-18(14)17(19-13(20-12)6-24-8-15(19)22)11-9-25-16-4-2-1-3-10(11)16/h1-4,9,17,20H,5-8H2. The Kier molecular flexibility index (Phi) is 3.38. The monoisotopic (exact) mass is 353 g/mol. The van der Waals surface area contributed by atoms with Gasteiger partial charge in [-0.2, -0.15) is 0 Å². The molecule has 0 saturated carbocycles. The van der Waals surface area contributed by atoms with Crippen LogP contribution < -0.4 is 5.32 Å². The normalized spacial score (nSPS) is 21.4. The van der Waals surface area contributed by atoms with Gasteiger partial charge in [0.05, 0.1) is 13.2 Å². The van der Waals surface area contributed by atoms with Crippen molar-refractivity contribution < 1.29 is 19.1 Å². The van der Waals surface area contributed by atoms with Gasteiger partial charge >= 0.3 is 0 Å². The van der Waals surface area contributed by atoms with E-state index in [2.05, 4.69) is 22.8 Å². The van der Waals surface area contributed by atoms with Crippen LogP contribution in [0.5, 0.6) is 0 Å². The topological polar surface area (TPSA) is 64.6 Å². The van der Waals surface area contributed by atoms with Crippen molar-refractivity contribution in [3.8, 4) is 0 Å². The number of ketones is 2. The largest absolute Gasteiger partial charge is 0.367 e. The number of dihydropyridines is 1. The van der Waals surface area contributed by atoms with E-state index < -0.39 is 0 Å². The Hall–Kier alpha value is -2.28. The number of hydrogen-bond donors (Lipinski definition) is 1. The van der Waals surface area contributed by atoms with E-state index in [4.69, 9.17) is 9.47 Å². The number of hydrogen-bond acceptors (Lipinski definition) is 6. The highest BCUT2D eigenvalue weighted by Gasteiger charge is 2.41. The second-order valence-electron chi connectivity index (χ2n) is 6.36. The summed E-state index contributed by atoms with van der Waals surface area (Å²) in [6.07, 6.45) is 0. The molecule has 0 atom stereocenters. The highest BCUT2D eigenvalue weighted by molar-refractivity contribution is 7.17. The minimum atomic E-state index is -0.338. The van der Waals surface area contributed by atoms with Crippen molar-refractivity contribution in [2.75, 3.05) is 26.4 Å². The van der Waals surface area contributed by atoms with E-state index in [1.807, 2.05) is 12.1 Å². The zero-order valence-corrected chi connectivity index (χ0v) is 14.2. The Morgan fingerprint density at radius 1 is 0.920 bits per heavy atom. The number of fused-ring (bicyclic) bond motifs is 1. The van der Waals surface area contributed by atoms with Gasteiger partial charge in [0.2, 0.25) is 0 Å². The van der Waals surface area contributed by atoms with Gasteiger partial charge in [-0.05, 0) is 22.4 Å². The maximum atomic E-state index is 12.7. The Bertz CT molecular complexity index is 942. The van der Waals surface area contributed by atoms with Gasteiger partial charge < -0.3 is 14.8 Å². The number of benzene rings is 1. The van der Waals surface area contributed by atoms with E-state index >= 15 is 0 Å². The first-order valence-corrected chi connectivity index (χ1v) is 9.03. The van der Waals surface area contributed by atoms with E-state index in [1.54, 1.807) is 11.3 Å². The maximum Gasteiger partial charge on any atom is 0.187 e. The fourth-order valence-corrected chi connectivity index (χ4v) is 4.86. The predicted octanol–water partition coefficient (Wildman–Crippen LogP) is 2.29. The number of carbonyl (C=O) groups excluding carboxylic acids is 2. The third kappa shape index (κ3) is 2.22. The van der Waals surface area contributed by atoms with Crippen LogP contribution >= 0.6 is 11.3 Å². The van der Waals surface area contributed by atoms with Gasteiger partial charge in [-0.3, -0.25) is 9.59 Å². The molecule has 0 aliphatic carbocycles. The second-order valence-corrected chi connectivity index (χ2v) is 7.27. The number of ether oxygens (including phenoxy) is 2. The molecular formula is C19H15NO4S. The zero-order chi connectivity index (χ0) is 17.0. The molecule has 2 aromatic rings. The molecule has 1 aromatic heterocycles.